The molecule has 5 heteroatoms. The summed E-state index contributed by atoms with van der Waals surface area (Å²) in [6, 6.07) is 5.79. The van der Waals surface area contributed by atoms with Crippen molar-refractivity contribution in [1.82, 2.24) is 0 Å². The van der Waals surface area contributed by atoms with E-state index in [9.17, 15) is 4.79 Å². The van der Waals surface area contributed by atoms with Crippen LogP contribution in [0.5, 0.6) is 5.75 Å². The van der Waals surface area contributed by atoms with Crippen molar-refractivity contribution in [2.45, 2.75) is 6.92 Å². The molecule has 0 radical (unpaired) electrons. The van der Waals surface area contributed by atoms with Gasteiger partial charge in [-0.15, -0.1) is 0 Å². The molecule has 0 aliphatic carbocycles. The van der Waals surface area contributed by atoms with Crippen molar-refractivity contribution in [2.24, 2.45) is 0 Å². The highest BCUT2D eigenvalue weighted by molar-refractivity contribution is 9.10. The van der Waals surface area contributed by atoms with E-state index in [2.05, 4.69) is 15.9 Å². The second kappa shape index (κ2) is 5.40. The van der Waals surface area contributed by atoms with Crippen molar-refractivity contribution >= 4 is 27.6 Å². The first-order valence-electron chi connectivity index (χ1n) is 5.53. The minimum absolute atomic E-state index is 0.205. The smallest absolute Gasteiger partial charge is 0.325 e. The molecule has 0 amide bonds. The molecule has 1 heterocycles. The van der Waals surface area contributed by atoms with Gasteiger partial charge in [0.25, 0.3) is 0 Å². The molecule has 1 aromatic rings. The maximum Gasteiger partial charge on any atom is 0.325 e. The lowest BCUT2D eigenvalue weighted by Crippen LogP contribution is -2.37. The summed E-state index contributed by atoms with van der Waals surface area (Å²) in [4.78, 5) is 13.4. The van der Waals surface area contributed by atoms with Crippen molar-refractivity contribution in [3.8, 4) is 5.75 Å². The zero-order chi connectivity index (χ0) is 12.3. The van der Waals surface area contributed by atoms with Gasteiger partial charge in [-0.1, -0.05) is 15.9 Å². The SMILES string of the molecule is CCOC(=O)CN1CCOc2cc(Br)ccc21. The number of hydrogen-bond donors (Lipinski definition) is 0. The Kier molecular flexibility index (Phi) is 3.89. The number of hydrogen-bond acceptors (Lipinski definition) is 4. The zero-order valence-electron chi connectivity index (χ0n) is 9.61. The second-order valence-electron chi connectivity index (χ2n) is 3.69. The number of carbonyl (C=O) groups is 1. The third-order valence-electron chi connectivity index (χ3n) is 2.51. The van der Waals surface area contributed by atoms with Crippen molar-refractivity contribution in [1.29, 1.82) is 0 Å². The molecule has 0 atom stereocenters. The number of carbonyl (C=O) groups excluding carboxylic acids is 1. The fraction of sp³-hybridized carbons (Fsp3) is 0.417. The number of halogens is 1. The number of ether oxygens (including phenoxy) is 2. The highest BCUT2D eigenvalue weighted by Gasteiger charge is 2.20. The molecule has 1 aromatic carbocycles. The molecule has 0 unspecified atom stereocenters. The lowest BCUT2D eigenvalue weighted by atomic mass is 10.2. The van der Waals surface area contributed by atoms with Gasteiger partial charge in [0.05, 0.1) is 18.8 Å². The topological polar surface area (TPSA) is 38.8 Å². The molecule has 17 heavy (non-hydrogen) atoms. The molecular weight excluding hydrogens is 286 g/mol. The molecule has 0 N–H and O–H groups in total. The third kappa shape index (κ3) is 2.91. The quantitative estimate of drug-likeness (QED) is 0.802. The predicted molar refractivity (Wildman–Crippen MR) is 68.5 cm³/mol. The molecule has 1 aliphatic heterocycles. The summed E-state index contributed by atoms with van der Waals surface area (Å²) >= 11 is 3.40. The highest BCUT2D eigenvalue weighted by atomic mass is 79.9. The van der Waals surface area contributed by atoms with Crippen LogP contribution in [0.15, 0.2) is 22.7 Å². The van der Waals surface area contributed by atoms with Gasteiger partial charge >= 0.3 is 5.97 Å². The lowest BCUT2D eigenvalue weighted by Gasteiger charge is -2.30. The Morgan fingerprint density at radius 3 is 3.18 bits per heavy atom. The highest BCUT2D eigenvalue weighted by Crippen LogP contribution is 2.33. The molecule has 0 fully saturated rings. The number of anilines is 1. The number of fused-ring (bicyclic) bond motifs is 1. The monoisotopic (exact) mass is 299 g/mol. The molecule has 0 aromatic heterocycles. The van der Waals surface area contributed by atoms with E-state index in [1.807, 2.05) is 30.0 Å². The second-order valence-corrected chi connectivity index (χ2v) is 4.60. The fourth-order valence-electron chi connectivity index (χ4n) is 1.78. The van der Waals surface area contributed by atoms with Crippen LogP contribution in [0.1, 0.15) is 6.92 Å². The van der Waals surface area contributed by atoms with Crippen LogP contribution >= 0.6 is 15.9 Å². The third-order valence-corrected chi connectivity index (χ3v) is 3.00. The van der Waals surface area contributed by atoms with Crippen molar-refractivity contribution in [2.75, 3.05) is 31.2 Å². The first-order valence-corrected chi connectivity index (χ1v) is 6.33. The largest absolute Gasteiger partial charge is 0.490 e. The molecule has 0 spiro atoms. The van der Waals surface area contributed by atoms with Crippen LogP contribution in [0.2, 0.25) is 0 Å². The molecule has 92 valence electrons. The summed E-state index contributed by atoms with van der Waals surface area (Å²) in [5.74, 6) is 0.596. The Labute approximate surface area is 109 Å². The van der Waals surface area contributed by atoms with Crippen molar-refractivity contribution < 1.29 is 14.3 Å². The van der Waals surface area contributed by atoms with Crippen LogP contribution in [0.3, 0.4) is 0 Å². The van der Waals surface area contributed by atoms with Crippen LogP contribution in [0.4, 0.5) is 5.69 Å². The standard InChI is InChI=1S/C12H14BrNO3/c1-2-16-12(15)8-14-5-6-17-11-7-9(13)3-4-10(11)14/h3-4,7H,2,5-6,8H2,1H3. The van der Waals surface area contributed by atoms with Gasteiger partial charge in [0, 0.05) is 4.47 Å². The zero-order valence-corrected chi connectivity index (χ0v) is 11.2. The van der Waals surface area contributed by atoms with Crippen molar-refractivity contribution in [3.63, 3.8) is 0 Å². The lowest BCUT2D eigenvalue weighted by molar-refractivity contribution is -0.141. The van der Waals surface area contributed by atoms with Crippen LogP contribution in [0, 0.1) is 0 Å². The number of esters is 1. The first kappa shape index (κ1) is 12.2. The van der Waals surface area contributed by atoms with Gasteiger partial charge in [0.15, 0.2) is 0 Å². The first-order chi connectivity index (χ1) is 8.20. The maximum absolute atomic E-state index is 11.5. The maximum atomic E-state index is 11.5. The average Bonchev–Trinajstić information content (AvgIpc) is 2.29. The Morgan fingerprint density at radius 2 is 2.41 bits per heavy atom. The number of rotatable bonds is 3. The van der Waals surface area contributed by atoms with Gasteiger partial charge in [-0.2, -0.15) is 0 Å². The number of nitrogens with zero attached hydrogens (tertiary/aromatic N) is 1. The van der Waals surface area contributed by atoms with Gasteiger partial charge in [0.1, 0.15) is 18.9 Å². The summed E-state index contributed by atoms with van der Waals surface area (Å²) in [5.41, 5.74) is 0.938. The van der Waals surface area contributed by atoms with E-state index >= 15 is 0 Å². The summed E-state index contributed by atoms with van der Waals surface area (Å²) in [5, 5.41) is 0. The van der Waals surface area contributed by atoms with E-state index in [1.54, 1.807) is 0 Å². The molecule has 2 rings (SSSR count). The summed E-state index contributed by atoms with van der Waals surface area (Å²) in [7, 11) is 0. The van der Waals surface area contributed by atoms with Crippen molar-refractivity contribution in [3.05, 3.63) is 22.7 Å². The van der Waals surface area contributed by atoms with E-state index in [4.69, 9.17) is 9.47 Å². The minimum atomic E-state index is -0.205. The summed E-state index contributed by atoms with van der Waals surface area (Å²) in [6.07, 6.45) is 0. The van der Waals surface area contributed by atoms with Gasteiger partial charge in [-0.3, -0.25) is 4.79 Å². The minimum Gasteiger partial charge on any atom is -0.490 e. The van der Waals surface area contributed by atoms with Gasteiger partial charge in [-0.25, -0.2) is 0 Å². The Hall–Kier alpha value is -1.23. The van der Waals surface area contributed by atoms with Gasteiger partial charge in [-0.05, 0) is 25.1 Å². The number of benzene rings is 1. The normalized spacial score (nSPS) is 13.9. The Bertz CT molecular complexity index is 422. The molecule has 0 bridgehead atoms. The van der Waals surface area contributed by atoms with E-state index in [-0.39, 0.29) is 12.5 Å². The summed E-state index contributed by atoms with van der Waals surface area (Å²) < 4.78 is 11.5. The Balaban J connectivity index is 2.14. The van der Waals surface area contributed by atoms with Gasteiger partial charge < -0.3 is 14.4 Å². The molecular formula is C12H14BrNO3. The van der Waals surface area contributed by atoms with Crippen LogP contribution in [-0.4, -0.2) is 32.3 Å². The molecule has 0 saturated carbocycles. The molecule has 4 nitrogen and oxygen atoms in total. The summed E-state index contributed by atoms with van der Waals surface area (Å²) in [6.45, 7) is 3.78. The van der Waals surface area contributed by atoms with Crippen LogP contribution in [0.25, 0.3) is 0 Å². The van der Waals surface area contributed by atoms with Gasteiger partial charge in [0.2, 0.25) is 0 Å². The predicted octanol–water partition coefficient (Wildman–Crippen LogP) is 2.21. The Morgan fingerprint density at radius 1 is 1.59 bits per heavy atom. The van der Waals surface area contributed by atoms with E-state index in [0.717, 1.165) is 15.9 Å². The van der Waals surface area contributed by atoms with E-state index in [0.29, 0.717) is 19.8 Å². The van der Waals surface area contributed by atoms with E-state index < -0.39 is 0 Å². The van der Waals surface area contributed by atoms with E-state index in [1.165, 1.54) is 0 Å². The molecule has 0 saturated heterocycles. The molecule has 1 aliphatic rings. The van der Waals surface area contributed by atoms with Crippen LogP contribution < -0.4 is 9.64 Å². The van der Waals surface area contributed by atoms with Crippen LogP contribution in [-0.2, 0) is 9.53 Å². The average molecular weight is 300 g/mol. The fourth-order valence-corrected chi connectivity index (χ4v) is 2.12.